The molecule has 0 bridgehead atoms. The first kappa shape index (κ1) is 20.2. The molecule has 0 aromatic heterocycles. The van der Waals surface area contributed by atoms with Crippen molar-refractivity contribution >= 4 is 23.4 Å². The quantitative estimate of drug-likeness (QED) is 0.624. The van der Waals surface area contributed by atoms with Crippen LogP contribution in [0.1, 0.15) is 43.9 Å². The summed E-state index contributed by atoms with van der Waals surface area (Å²) >= 11 is 0. The normalized spacial score (nSPS) is 17.5. The predicted molar refractivity (Wildman–Crippen MR) is 121 cm³/mol. The van der Waals surface area contributed by atoms with Crippen molar-refractivity contribution < 1.29 is 19.1 Å². The summed E-state index contributed by atoms with van der Waals surface area (Å²) in [7, 11) is 0. The Hall–Kier alpha value is -3.77. The van der Waals surface area contributed by atoms with Gasteiger partial charge >= 0.3 is 0 Å². The summed E-state index contributed by atoms with van der Waals surface area (Å²) in [6, 6.07) is 21.6. The van der Waals surface area contributed by atoms with Crippen molar-refractivity contribution in [3.63, 3.8) is 0 Å². The molecular formula is C26H22N2O4. The summed E-state index contributed by atoms with van der Waals surface area (Å²) in [4.78, 5) is 40.2. The molecule has 2 heterocycles. The number of para-hydroxylation sites is 1. The molecule has 0 unspecified atom stereocenters. The van der Waals surface area contributed by atoms with Crippen LogP contribution in [0.5, 0.6) is 0 Å². The molecule has 2 aliphatic rings. The molecule has 1 atom stereocenters. The van der Waals surface area contributed by atoms with Crippen LogP contribution in [0.15, 0.2) is 72.8 Å². The molecule has 3 aromatic carbocycles. The Labute approximate surface area is 185 Å². The molecule has 1 fully saturated rings. The topological polar surface area (TPSA) is 75.7 Å². The molecular weight excluding hydrogens is 404 g/mol. The fourth-order valence-electron chi connectivity index (χ4n) is 4.25. The maximum atomic E-state index is 13.3. The number of fused-ring (bicyclic) bond motifs is 1. The van der Waals surface area contributed by atoms with Crippen molar-refractivity contribution in [1.82, 2.24) is 5.32 Å². The van der Waals surface area contributed by atoms with E-state index in [4.69, 9.17) is 4.74 Å². The van der Waals surface area contributed by atoms with Gasteiger partial charge in [-0.3, -0.25) is 14.4 Å². The highest BCUT2D eigenvalue weighted by molar-refractivity contribution is 6.35. The Bertz CT molecular complexity index is 1200. The van der Waals surface area contributed by atoms with E-state index in [9.17, 15) is 14.4 Å². The molecule has 5 rings (SSSR count). The first-order chi connectivity index (χ1) is 15.6. The van der Waals surface area contributed by atoms with Crippen LogP contribution in [0, 0.1) is 0 Å². The largest absolute Gasteiger partial charge is 0.376 e. The van der Waals surface area contributed by atoms with E-state index in [1.165, 1.54) is 11.0 Å². The molecule has 1 N–H and O–H groups in total. The van der Waals surface area contributed by atoms with E-state index in [-0.39, 0.29) is 23.5 Å². The van der Waals surface area contributed by atoms with Crippen molar-refractivity contribution in [2.45, 2.75) is 18.9 Å². The number of amides is 3. The molecule has 1 saturated heterocycles. The minimum atomic E-state index is -0.429. The number of hydrogen-bond acceptors (Lipinski definition) is 4. The van der Waals surface area contributed by atoms with Crippen LogP contribution >= 0.6 is 0 Å². The Kier molecular flexibility index (Phi) is 5.29. The molecule has 160 valence electrons. The third-order valence-electron chi connectivity index (χ3n) is 5.89. The second kappa shape index (κ2) is 8.40. The van der Waals surface area contributed by atoms with Crippen LogP contribution in [0.25, 0.3) is 11.1 Å². The second-order valence-corrected chi connectivity index (χ2v) is 7.93. The molecule has 0 radical (unpaired) electrons. The Balaban J connectivity index is 1.43. The van der Waals surface area contributed by atoms with Crippen LogP contribution in [0.4, 0.5) is 5.69 Å². The van der Waals surface area contributed by atoms with E-state index >= 15 is 0 Å². The van der Waals surface area contributed by atoms with E-state index in [0.29, 0.717) is 23.4 Å². The maximum Gasteiger partial charge on any atom is 0.266 e. The van der Waals surface area contributed by atoms with Gasteiger partial charge in [0.25, 0.3) is 17.7 Å². The number of imide groups is 1. The number of benzene rings is 3. The first-order valence-electron chi connectivity index (χ1n) is 10.7. The second-order valence-electron chi connectivity index (χ2n) is 7.93. The van der Waals surface area contributed by atoms with Gasteiger partial charge in [0.05, 0.1) is 22.9 Å². The van der Waals surface area contributed by atoms with E-state index in [2.05, 4.69) is 5.32 Å². The zero-order chi connectivity index (χ0) is 22.1. The number of anilines is 1. The lowest BCUT2D eigenvalue weighted by atomic mass is 10.0. The molecule has 32 heavy (non-hydrogen) atoms. The molecule has 6 nitrogen and oxygen atoms in total. The number of carbonyl (C=O) groups excluding carboxylic acids is 3. The smallest absolute Gasteiger partial charge is 0.266 e. The highest BCUT2D eigenvalue weighted by Crippen LogP contribution is 2.36. The van der Waals surface area contributed by atoms with E-state index in [0.717, 1.165) is 30.6 Å². The summed E-state index contributed by atoms with van der Waals surface area (Å²) in [5.74, 6) is -1.10. The minimum absolute atomic E-state index is 0.0292. The van der Waals surface area contributed by atoms with Gasteiger partial charge in [0.1, 0.15) is 0 Å². The summed E-state index contributed by atoms with van der Waals surface area (Å²) in [6.07, 6.45) is 1.95. The lowest BCUT2D eigenvalue weighted by Crippen LogP contribution is -2.31. The first-order valence-corrected chi connectivity index (χ1v) is 10.7. The highest BCUT2D eigenvalue weighted by atomic mass is 16.5. The number of hydrogen-bond donors (Lipinski definition) is 1. The number of ether oxygens (including phenoxy) is 1. The average Bonchev–Trinajstić information content (AvgIpc) is 3.44. The SMILES string of the molecule is O=C(NC[C@H]1CCCO1)c1ccc2c(c1)C(=O)N(c1ccccc1-c1ccccc1)C2=O. The lowest BCUT2D eigenvalue weighted by molar-refractivity contribution is 0.0857. The fourth-order valence-corrected chi connectivity index (χ4v) is 4.25. The molecule has 0 saturated carbocycles. The van der Waals surface area contributed by atoms with Gasteiger partial charge in [0.2, 0.25) is 0 Å². The van der Waals surface area contributed by atoms with Gasteiger partial charge in [-0.2, -0.15) is 0 Å². The standard InChI is InChI=1S/C26H22N2O4/c29-24(27-16-19-9-6-14-32-19)18-12-13-21-22(15-18)26(31)28(25(21)30)23-11-5-4-10-20(23)17-7-2-1-3-8-17/h1-5,7-8,10-13,15,19H,6,9,14,16H2,(H,27,29)/t19-/m1/s1. The van der Waals surface area contributed by atoms with Crippen LogP contribution in [0.2, 0.25) is 0 Å². The van der Waals surface area contributed by atoms with Crippen LogP contribution in [-0.2, 0) is 4.74 Å². The Morgan fingerprint density at radius 2 is 1.66 bits per heavy atom. The lowest BCUT2D eigenvalue weighted by Gasteiger charge is -2.18. The molecule has 2 aliphatic heterocycles. The highest BCUT2D eigenvalue weighted by Gasteiger charge is 2.38. The Morgan fingerprint density at radius 1 is 0.906 bits per heavy atom. The average molecular weight is 426 g/mol. The minimum Gasteiger partial charge on any atom is -0.376 e. The van der Waals surface area contributed by atoms with Gasteiger partial charge < -0.3 is 10.1 Å². The van der Waals surface area contributed by atoms with Gasteiger partial charge in [-0.15, -0.1) is 0 Å². The third-order valence-corrected chi connectivity index (χ3v) is 5.89. The van der Waals surface area contributed by atoms with Crippen LogP contribution < -0.4 is 10.2 Å². The maximum absolute atomic E-state index is 13.3. The summed E-state index contributed by atoms with van der Waals surface area (Å²) in [6.45, 7) is 1.15. The van der Waals surface area contributed by atoms with Crippen LogP contribution in [0.3, 0.4) is 0 Å². The Morgan fingerprint density at radius 3 is 2.44 bits per heavy atom. The van der Waals surface area contributed by atoms with E-state index in [1.54, 1.807) is 24.3 Å². The fraction of sp³-hybridized carbons (Fsp3) is 0.192. The molecule has 3 amide bonds. The van der Waals surface area contributed by atoms with Gasteiger partial charge in [0, 0.05) is 24.3 Å². The monoisotopic (exact) mass is 426 g/mol. The van der Waals surface area contributed by atoms with Gasteiger partial charge in [0.15, 0.2) is 0 Å². The summed E-state index contributed by atoms with van der Waals surface area (Å²) < 4.78 is 5.53. The molecule has 0 aliphatic carbocycles. The van der Waals surface area contributed by atoms with Crippen LogP contribution in [-0.4, -0.2) is 37.0 Å². The number of carbonyl (C=O) groups is 3. The van der Waals surface area contributed by atoms with Crippen molar-refractivity contribution in [2.24, 2.45) is 0 Å². The number of nitrogens with zero attached hydrogens (tertiary/aromatic N) is 1. The zero-order valence-corrected chi connectivity index (χ0v) is 17.4. The third kappa shape index (κ3) is 3.59. The molecule has 3 aromatic rings. The summed E-state index contributed by atoms with van der Waals surface area (Å²) in [5, 5.41) is 2.86. The number of rotatable bonds is 5. The van der Waals surface area contributed by atoms with E-state index < -0.39 is 5.91 Å². The van der Waals surface area contributed by atoms with Crippen molar-refractivity contribution in [1.29, 1.82) is 0 Å². The van der Waals surface area contributed by atoms with Gasteiger partial charge in [-0.05, 0) is 42.7 Å². The number of nitrogens with one attached hydrogen (secondary N) is 1. The zero-order valence-electron chi connectivity index (χ0n) is 17.4. The van der Waals surface area contributed by atoms with Crippen molar-refractivity contribution in [2.75, 3.05) is 18.1 Å². The van der Waals surface area contributed by atoms with Gasteiger partial charge in [-0.25, -0.2) is 4.90 Å². The summed E-state index contributed by atoms with van der Waals surface area (Å²) in [5.41, 5.74) is 3.11. The molecule has 6 heteroatoms. The molecule has 0 spiro atoms. The van der Waals surface area contributed by atoms with E-state index in [1.807, 2.05) is 42.5 Å². The van der Waals surface area contributed by atoms with Gasteiger partial charge in [-0.1, -0.05) is 48.5 Å². The van der Waals surface area contributed by atoms with Crippen molar-refractivity contribution in [3.8, 4) is 11.1 Å². The predicted octanol–water partition coefficient (Wildman–Crippen LogP) is 4.06. The van der Waals surface area contributed by atoms with Crippen molar-refractivity contribution in [3.05, 3.63) is 89.5 Å².